The van der Waals surface area contributed by atoms with Crippen LogP contribution in [-0.2, 0) is 0 Å². The van der Waals surface area contributed by atoms with Gasteiger partial charge in [-0.3, -0.25) is 0 Å². The van der Waals surface area contributed by atoms with Crippen molar-refractivity contribution < 1.29 is 0 Å². The monoisotopic (exact) mass is 146 g/mol. The molecule has 1 rings (SSSR count). The van der Waals surface area contributed by atoms with E-state index in [-0.39, 0.29) is 0 Å². The number of rotatable bonds is 2. The first-order chi connectivity index (χ1) is 5.38. The first-order valence-corrected chi connectivity index (χ1v) is 4.00. The number of hydrogen-bond donors (Lipinski definition) is 0. The van der Waals surface area contributed by atoms with Gasteiger partial charge in [-0.1, -0.05) is 36.5 Å². The molecule has 0 saturated carbocycles. The topological polar surface area (TPSA) is 0 Å². The van der Waals surface area contributed by atoms with E-state index in [9.17, 15) is 0 Å². The summed E-state index contributed by atoms with van der Waals surface area (Å²) in [5.41, 5.74) is 1.40. The molecule has 0 fully saturated rings. The van der Waals surface area contributed by atoms with Crippen LogP contribution in [0.25, 0.3) is 0 Å². The zero-order valence-electron chi connectivity index (χ0n) is 6.96. The fourth-order valence-electron chi connectivity index (χ4n) is 1.30. The molecule has 0 aromatic heterocycles. The van der Waals surface area contributed by atoms with Crippen LogP contribution in [0.4, 0.5) is 0 Å². The van der Waals surface area contributed by atoms with E-state index in [2.05, 4.69) is 43.9 Å². The van der Waals surface area contributed by atoms with Gasteiger partial charge in [-0.15, -0.1) is 6.58 Å². The Morgan fingerprint density at radius 3 is 3.00 bits per heavy atom. The van der Waals surface area contributed by atoms with E-state index in [4.69, 9.17) is 0 Å². The van der Waals surface area contributed by atoms with Crippen LogP contribution in [0.2, 0.25) is 0 Å². The van der Waals surface area contributed by atoms with Gasteiger partial charge >= 0.3 is 0 Å². The van der Waals surface area contributed by atoms with Gasteiger partial charge in [-0.05, 0) is 18.9 Å². The van der Waals surface area contributed by atoms with Crippen molar-refractivity contribution in [2.75, 3.05) is 0 Å². The predicted octanol–water partition coefficient (Wildman–Crippen LogP) is 3.25. The van der Waals surface area contributed by atoms with Gasteiger partial charge in [0.05, 0.1) is 0 Å². The van der Waals surface area contributed by atoms with Gasteiger partial charge in [0, 0.05) is 5.92 Å². The molecule has 0 aromatic carbocycles. The average molecular weight is 146 g/mol. The Kier molecular flexibility index (Phi) is 2.91. The molecule has 1 aliphatic carbocycles. The van der Waals surface area contributed by atoms with E-state index >= 15 is 0 Å². The van der Waals surface area contributed by atoms with Crippen LogP contribution < -0.4 is 0 Å². The second-order valence-corrected chi connectivity index (χ2v) is 2.66. The van der Waals surface area contributed by atoms with Crippen LogP contribution in [-0.4, -0.2) is 0 Å². The van der Waals surface area contributed by atoms with Crippen LogP contribution in [0.15, 0.2) is 48.6 Å². The van der Waals surface area contributed by atoms with Gasteiger partial charge in [0.15, 0.2) is 0 Å². The molecule has 0 nitrogen and oxygen atoms in total. The summed E-state index contributed by atoms with van der Waals surface area (Å²) in [5, 5.41) is 0. The van der Waals surface area contributed by atoms with Crippen molar-refractivity contribution in [2.45, 2.75) is 13.3 Å². The third kappa shape index (κ3) is 1.94. The zero-order valence-corrected chi connectivity index (χ0v) is 6.96. The lowest BCUT2D eigenvalue weighted by atomic mass is 9.91. The summed E-state index contributed by atoms with van der Waals surface area (Å²) in [6.45, 7) is 5.82. The molecule has 0 amide bonds. The maximum absolute atomic E-state index is 3.74. The van der Waals surface area contributed by atoms with Crippen molar-refractivity contribution in [1.82, 2.24) is 0 Å². The molecule has 0 saturated heterocycles. The first kappa shape index (κ1) is 8.06. The van der Waals surface area contributed by atoms with E-state index in [1.165, 1.54) is 5.57 Å². The molecule has 1 unspecified atom stereocenters. The molecule has 0 heteroatoms. The van der Waals surface area contributed by atoms with Crippen LogP contribution in [0, 0.1) is 5.92 Å². The maximum atomic E-state index is 3.74. The van der Waals surface area contributed by atoms with Crippen LogP contribution in [0.1, 0.15) is 13.3 Å². The van der Waals surface area contributed by atoms with E-state index in [0.717, 1.165) is 6.42 Å². The zero-order chi connectivity index (χ0) is 8.10. The largest absolute Gasteiger partial charge is 0.103 e. The Balaban J connectivity index is 2.70. The highest BCUT2D eigenvalue weighted by Gasteiger charge is 2.07. The van der Waals surface area contributed by atoms with Crippen LogP contribution >= 0.6 is 0 Å². The van der Waals surface area contributed by atoms with Gasteiger partial charge in [0.2, 0.25) is 0 Å². The second kappa shape index (κ2) is 3.97. The standard InChI is InChI=1S/C11H14/c1-3-7-11-9-6-5-8-10(11)4-2/h3-6,8-9,11H,1,7H2,2H3/b10-4-. The average Bonchev–Trinajstić information content (AvgIpc) is 2.06. The lowest BCUT2D eigenvalue weighted by Crippen LogP contribution is -1.99. The molecule has 0 aromatic rings. The van der Waals surface area contributed by atoms with E-state index in [1.54, 1.807) is 0 Å². The summed E-state index contributed by atoms with van der Waals surface area (Å²) in [5.74, 6) is 0.558. The Morgan fingerprint density at radius 2 is 2.36 bits per heavy atom. The molecular weight excluding hydrogens is 132 g/mol. The Bertz CT molecular complexity index is 216. The molecule has 1 aliphatic rings. The minimum absolute atomic E-state index is 0.558. The molecular formula is C11H14. The molecule has 0 heterocycles. The van der Waals surface area contributed by atoms with Crippen LogP contribution in [0.3, 0.4) is 0 Å². The van der Waals surface area contributed by atoms with E-state index in [0.29, 0.717) is 5.92 Å². The number of hydrogen-bond acceptors (Lipinski definition) is 0. The maximum Gasteiger partial charge on any atom is 0.00522 e. The molecule has 0 radical (unpaired) electrons. The lowest BCUT2D eigenvalue weighted by molar-refractivity contribution is 0.789. The molecule has 0 N–H and O–H groups in total. The Labute approximate surface area is 68.6 Å². The van der Waals surface area contributed by atoms with Crippen molar-refractivity contribution in [1.29, 1.82) is 0 Å². The highest BCUT2D eigenvalue weighted by Crippen LogP contribution is 2.21. The van der Waals surface area contributed by atoms with Crippen molar-refractivity contribution >= 4 is 0 Å². The number of allylic oxidation sites excluding steroid dienone is 7. The SMILES string of the molecule is C=CCC1C=CC=C/C1=C/C. The summed E-state index contributed by atoms with van der Waals surface area (Å²) < 4.78 is 0. The second-order valence-electron chi connectivity index (χ2n) is 2.66. The van der Waals surface area contributed by atoms with E-state index in [1.807, 2.05) is 6.08 Å². The summed E-state index contributed by atoms with van der Waals surface area (Å²) >= 11 is 0. The third-order valence-corrected chi connectivity index (χ3v) is 1.93. The highest BCUT2D eigenvalue weighted by atomic mass is 14.1. The smallest absolute Gasteiger partial charge is 0.00522 e. The predicted molar refractivity (Wildman–Crippen MR) is 50.3 cm³/mol. The quantitative estimate of drug-likeness (QED) is 0.524. The van der Waals surface area contributed by atoms with Gasteiger partial charge in [0.1, 0.15) is 0 Å². The molecule has 58 valence electrons. The fourth-order valence-corrected chi connectivity index (χ4v) is 1.30. The van der Waals surface area contributed by atoms with Crippen LogP contribution in [0.5, 0.6) is 0 Å². The molecule has 0 aliphatic heterocycles. The minimum atomic E-state index is 0.558. The first-order valence-electron chi connectivity index (χ1n) is 4.00. The molecule has 0 bridgehead atoms. The normalized spacial score (nSPS) is 25.9. The molecule has 11 heavy (non-hydrogen) atoms. The molecule has 0 spiro atoms. The Morgan fingerprint density at radius 1 is 1.55 bits per heavy atom. The summed E-state index contributed by atoms with van der Waals surface area (Å²) in [6, 6.07) is 0. The van der Waals surface area contributed by atoms with Gasteiger partial charge in [-0.25, -0.2) is 0 Å². The summed E-state index contributed by atoms with van der Waals surface area (Å²) in [7, 11) is 0. The minimum Gasteiger partial charge on any atom is -0.103 e. The van der Waals surface area contributed by atoms with Gasteiger partial charge < -0.3 is 0 Å². The van der Waals surface area contributed by atoms with Crippen molar-refractivity contribution in [3.05, 3.63) is 48.6 Å². The van der Waals surface area contributed by atoms with Crippen molar-refractivity contribution in [3.8, 4) is 0 Å². The lowest BCUT2D eigenvalue weighted by Gasteiger charge is -2.13. The van der Waals surface area contributed by atoms with Crippen molar-refractivity contribution in [2.24, 2.45) is 5.92 Å². The highest BCUT2D eigenvalue weighted by molar-refractivity contribution is 5.32. The van der Waals surface area contributed by atoms with E-state index < -0.39 is 0 Å². The summed E-state index contributed by atoms with van der Waals surface area (Å²) in [4.78, 5) is 0. The van der Waals surface area contributed by atoms with Crippen molar-refractivity contribution in [3.63, 3.8) is 0 Å². The third-order valence-electron chi connectivity index (χ3n) is 1.93. The van der Waals surface area contributed by atoms with Gasteiger partial charge in [-0.2, -0.15) is 0 Å². The molecule has 1 atom stereocenters. The summed E-state index contributed by atoms with van der Waals surface area (Å²) in [6.07, 6.45) is 13.7. The Hall–Kier alpha value is -1.04. The van der Waals surface area contributed by atoms with Gasteiger partial charge in [0.25, 0.3) is 0 Å². The fraction of sp³-hybridized carbons (Fsp3) is 0.273.